The van der Waals surface area contributed by atoms with Gasteiger partial charge in [0.1, 0.15) is 0 Å². The third-order valence-electron chi connectivity index (χ3n) is 5.58. The van der Waals surface area contributed by atoms with Crippen molar-refractivity contribution in [3.05, 3.63) is 34.4 Å². The van der Waals surface area contributed by atoms with Gasteiger partial charge in [-0.25, -0.2) is 9.59 Å². The monoisotopic (exact) mass is 422 g/mol. The molecule has 170 valence electrons. The summed E-state index contributed by atoms with van der Waals surface area (Å²) in [5.41, 5.74) is 1.59. The molecule has 30 heavy (non-hydrogen) atoms. The highest BCUT2D eigenvalue weighted by atomic mass is 17.1. The van der Waals surface area contributed by atoms with Gasteiger partial charge in [0.15, 0.2) is 0 Å². The van der Waals surface area contributed by atoms with Crippen LogP contribution in [0.1, 0.15) is 123 Å². The summed E-state index contributed by atoms with van der Waals surface area (Å²) in [5.74, 6) is -2.04. The summed E-state index contributed by atoms with van der Waals surface area (Å²) in [6, 6.07) is 3.28. The Kier molecular flexibility index (Phi) is 13.8. The Hall–Kier alpha value is -1.92. The van der Waals surface area contributed by atoms with Crippen LogP contribution in [0, 0.1) is 0 Å². The highest BCUT2D eigenvalue weighted by Gasteiger charge is 2.25. The maximum atomic E-state index is 12.3. The van der Waals surface area contributed by atoms with Crippen molar-refractivity contribution in [3.63, 3.8) is 0 Å². The van der Waals surface area contributed by atoms with E-state index < -0.39 is 11.9 Å². The second-order valence-corrected chi connectivity index (χ2v) is 7.92. The van der Waals surface area contributed by atoms with Gasteiger partial charge in [-0.15, -0.1) is 0 Å². The lowest BCUT2D eigenvalue weighted by molar-refractivity contribution is -0.185. The van der Waals surface area contributed by atoms with Gasteiger partial charge in [0.05, 0.1) is 11.1 Å². The van der Waals surface area contributed by atoms with Gasteiger partial charge in [-0.05, 0) is 42.9 Å². The van der Waals surface area contributed by atoms with Crippen LogP contribution in [0.15, 0.2) is 12.1 Å². The van der Waals surface area contributed by atoms with E-state index in [1.165, 1.54) is 51.0 Å². The summed E-state index contributed by atoms with van der Waals surface area (Å²) in [6.45, 7) is 4.36. The number of unbranched alkanes of at least 4 members (excludes halogenated alkanes) is 10. The molecule has 1 aromatic rings. The van der Waals surface area contributed by atoms with E-state index in [1.807, 2.05) is 6.07 Å². The van der Waals surface area contributed by atoms with Crippen LogP contribution in [0.25, 0.3) is 0 Å². The van der Waals surface area contributed by atoms with Crippen LogP contribution in [0.5, 0.6) is 0 Å². The number of benzene rings is 1. The quantitative estimate of drug-likeness (QED) is 0.174. The van der Waals surface area contributed by atoms with Crippen LogP contribution < -0.4 is 0 Å². The molecule has 0 heterocycles. The molecule has 0 aliphatic carbocycles. The first-order valence-corrected chi connectivity index (χ1v) is 11.5. The number of rotatable bonds is 16. The summed E-state index contributed by atoms with van der Waals surface area (Å²) >= 11 is 0. The molecule has 0 bridgehead atoms. The summed E-state index contributed by atoms with van der Waals surface area (Å²) < 4.78 is 0. The van der Waals surface area contributed by atoms with Crippen LogP contribution in [0.2, 0.25) is 0 Å². The molecule has 0 aliphatic rings. The van der Waals surface area contributed by atoms with Crippen molar-refractivity contribution in [2.75, 3.05) is 0 Å². The Balaban J connectivity index is 3.00. The molecule has 0 amide bonds. The zero-order chi connectivity index (χ0) is 22.2. The summed E-state index contributed by atoms with van der Waals surface area (Å²) in [7, 11) is 0. The minimum Gasteiger partial charge on any atom is -0.295 e. The second-order valence-electron chi connectivity index (χ2n) is 7.92. The lowest BCUT2D eigenvalue weighted by Crippen LogP contribution is -2.17. The SMILES string of the molecule is CCCCCCCCc1ccc(C(=O)OO)c(C(=O)OO)c1CCCCCCCC. The van der Waals surface area contributed by atoms with Crippen molar-refractivity contribution < 1.29 is 29.9 Å². The lowest BCUT2D eigenvalue weighted by Gasteiger charge is -2.16. The van der Waals surface area contributed by atoms with E-state index in [-0.39, 0.29) is 11.1 Å². The molecular weight excluding hydrogens is 384 g/mol. The average molecular weight is 423 g/mol. The Bertz CT molecular complexity index is 641. The number of hydrogen-bond acceptors (Lipinski definition) is 6. The first-order chi connectivity index (χ1) is 14.6. The van der Waals surface area contributed by atoms with Gasteiger partial charge in [0.2, 0.25) is 0 Å². The third-order valence-corrected chi connectivity index (χ3v) is 5.58. The zero-order valence-corrected chi connectivity index (χ0v) is 18.6. The molecular formula is C24H38O6. The van der Waals surface area contributed by atoms with E-state index in [2.05, 4.69) is 23.6 Å². The van der Waals surface area contributed by atoms with E-state index in [0.717, 1.165) is 44.1 Å². The smallest absolute Gasteiger partial charge is 0.295 e. The fourth-order valence-electron chi connectivity index (χ4n) is 3.89. The Morgan fingerprint density at radius 2 is 1.20 bits per heavy atom. The number of aryl methyl sites for hydroxylation is 1. The molecule has 0 unspecified atom stereocenters. The fourth-order valence-corrected chi connectivity index (χ4v) is 3.89. The highest BCUT2D eigenvalue weighted by molar-refractivity contribution is 6.04. The zero-order valence-electron chi connectivity index (χ0n) is 18.6. The van der Waals surface area contributed by atoms with Crippen molar-refractivity contribution in [2.24, 2.45) is 0 Å². The summed E-state index contributed by atoms with van der Waals surface area (Å²) in [4.78, 5) is 32.1. The largest absolute Gasteiger partial charge is 0.373 e. The molecule has 0 atom stereocenters. The average Bonchev–Trinajstić information content (AvgIpc) is 2.77. The van der Waals surface area contributed by atoms with Crippen LogP contribution in [-0.4, -0.2) is 22.5 Å². The molecule has 0 spiro atoms. The molecule has 0 fully saturated rings. The molecule has 1 aromatic carbocycles. The fraction of sp³-hybridized carbons (Fsp3) is 0.667. The Morgan fingerprint density at radius 3 is 1.73 bits per heavy atom. The molecule has 0 saturated carbocycles. The molecule has 2 N–H and O–H groups in total. The molecule has 0 saturated heterocycles. The van der Waals surface area contributed by atoms with Gasteiger partial charge in [-0.1, -0.05) is 84.1 Å². The van der Waals surface area contributed by atoms with Crippen LogP contribution in [-0.2, 0) is 22.6 Å². The van der Waals surface area contributed by atoms with Gasteiger partial charge in [-0.2, -0.15) is 10.5 Å². The van der Waals surface area contributed by atoms with E-state index in [0.29, 0.717) is 12.0 Å². The van der Waals surface area contributed by atoms with Gasteiger partial charge < -0.3 is 0 Å². The van der Waals surface area contributed by atoms with Crippen molar-refractivity contribution in [2.45, 2.75) is 104 Å². The Morgan fingerprint density at radius 1 is 0.700 bits per heavy atom. The predicted molar refractivity (Wildman–Crippen MR) is 117 cm³/mol. The van der Waals surface area contributed by atoms with E-state index in [4.69, 9.17) is 10.5 Å². The van der Waals surface area contributed by atoms with Gasteiger partial charge in [-0.3, -0.25) is 9.78 Å². The molecule has 6 heteroatoms. The normalized spacial score (nSPS) is 10.8. The summed E-state index contributed by atoms with van der Waals surface area (Å²) in [5, 5.41) is 17.8. The van der Waals surface area contributed by atoms with E-state index in [1.54, 1.807) is 0 Å². The maximum absolute atomic E-state index is 12.3. The van der Waals surface area contributed by atoms with Crippen molar-refractivity contribution >= 4 is 11.9 Å². The highest BCUT2D eigenvalue weighted by Crippen LogP contribution is 2.26. The minimum atomic E-state index is -1.04. The first kappa shape index (κ1) is 26.1. The molecule has 0 aromatic heterocycles. The van der Waals surface area contributed by atoms with E-state index >= 15 is 0 Å². The number of carbonyl (C=O) groups is 2. The number of carbonyl (C=O) groups excluding carboxylic acids is 2. The third kappa shape index (κ3) is 8.84. The van der Waals surface area contributed by atoms with Crippen LogP contribution in [0.4, 0.5) is 0 Å². The van der Waals surface area contributed by atoms with Crippen LogP contribution >= 0.6 is 0 Å². The minimum absolute atomic E-state index is 0.00593. The predicted octanol–water partition coefficient (Wildman–Crippen LogP) is 6.75. The molecule has 0 radical (unpaired) electrons. The van der Waals surface area contributed by atoms with Gasteiger partial charge >= 0.3 is 11.9 Å². The topological polar surface area (TPSA) is 93.1 Å². The van der Waals surface area contributed by atoms with Crippen molar-refractivity contribution in [1.82, 2.24) is 0 Å². The maximum Gasteiger partial charge on any atom is 0.373 e. The van der Waals surface area contributed by atoms with Gasteiger partial charge in [0.25, 0.3) is 0 Å². The summed E-state index contributed by atoms with van der Waals surface area (Å²) in [6.07, 6.45) is 14.9. The van der Waals surface area contributed by atoms with Crippen molar-refractivity contribution in [3.8, 4) is 0 Å². The number of hydrogen-bond donors (Lipinski definition) is 2. The van der Waals surface area contributed by atoms with Crippen LogP contribution in [0.3, 0.4) is 0 Å². The Labute approximate surface area is 180 Å². The first-order valence-electron chi connectivity index (χ1n) is 11.5. The van der Waals surface area contributed by atoms with E-state index in [9.17, 15) is 9.59 Å². The molecule has 0 aliphatic heterocycles. The second kappa shape index (κ2) is 15.9. The lowest BCUT2D eigenvalue weighted by atomic mass is 9.89. The molecule has 6 nitrogen and oxygen atoms in total. The van der Waals surface area contributed by atoms with Crippen molar-refractivity contribution in [1.29, 1.82) is 0 Å². The standard InChI is InChI=1S/C24H38O6/c1-3-5-7-9-11-13-15-19-17-18-21(23(25)29-27)22(24(26)30-28)20(19)16-14-12-10-8-6-4-2/h17-18,27-28H,3-16H2,1-2H3. The molecule has 1 rings (SSSR count). The van der Waals surface area contributed by atoms with Gasteiger partial charge in [0, 0.05) is 0 Å².